The van der Waals surface area contributed by atoms with E-state index in [0.717, 1.165) is 39.5 Å². The van der Waals surface area contributed by atoms with Crippen molar-refractivity contribution in [3.63, 3.8) is 0 Å². The van der Waals surface area contributed by atoms with Crippen molar-refractivity contribution in [2.45, 2.75) is 45.7 Å². The van der Waals surface area contributed by atoms with Gasteiger partial charge in [-0.25, -0.2) is 4.98 Å². The maximum absolute atomic E-state index is 13.7. The monoisotopic (exact) mass is 449 g/mol. The third-order valence-electron chi connectivity index (χ3n) is 6.40. The zero-order valence-electron chi connectivity index (χ0n) is 18.8. The van der Waals surface area contributed by atoms with Crippen LogP contribution in [0.15, 0.2) is 30.3 Å². The Hall–Kier alpha value is -3.00. The van der Waals surface area contributed by atoms with E-state index in [-0.39, 0.29) is 23.9 Å². The van der Waals surface area contributed by atoms with E-state index in [0.29, 0.717) is 23.9 Å². The van der Waals surface area contributed by atoms with Crippen LogP contribution in [0.5, 0.6) is 0 Å². The lowest BCUT2D eigenvalue weighted by atomic mass is 10.1. The normalized spacial score (nSPS) is 21.5. The van der Waals surface area contributed by atoms with Gasteiger partial charge in [-0.05, 0) is 51.2 Å². The molecule has 2 amide bonds. The highest BCUT2D eigenvalue weighted by Crippen LogP contribution is 2.48. The first-order valence-electron chi connectivity index (χ1n) is 11.0. The largest absolute Gasteiger partial charge is 0.349 e. The number of rotatable bonds is 5. The topological polar surface area (TPSA) is 80.1 Å². The maximum atomic E-state index is 13.7. The van der Waals surface area contributed by atoms with Gasteiger partial charge >= 0.3 is 0 Å². The van der Waals surface area contributed by atoms with Crippen LogP contribution >= 0.6 is 11.3 Å². The van der Waals surface area contributed by atoms with Crippen molar-refractivity contribution in [3.05, 3.63) is 58.0 Å². The fourth-order valence-corrected chi connectivity index (χ4v) is 5.76. The third-order valence-corrected chi connectivity index (χ3v) is 7.41. The summed E-state index contributed by atoms with van der Waals surface area (Å²) in [5.41, 5.74) is 4.05. The number of fused-ring (bicyclic) bond motifs is 1. The lowest BCUT2D eigenvalue weighted by Crippen LogP contribution is -2.45. The zero-order chi connectivity index (χ0) is 22.6. The Morgan fingerprint density at radius 2 is 2.00 bits per heavy atom. The molecule has 2 aliphatic rings. The quantitative estimate of drug-likeness (QED) is 0.647. The molecule has 1 saturated carbocycles. The van der Waals surface area contributed by atoms with Gasteiger partial charge in [0.1, 0.15) is 11.4 Å². The standard InChI is InChI=1S/C24H27N5O2S/c1-13-6-5-7-16(8-13)22-21(26-15(3)32-22)24(31)29-18(10-17-11-19(17)29)12-25-23(30)20-9-14(2)27-28(20)4/h5-9,17-19H,10-12H2,1-4H3,(H,25,30)/t17-,18+,19+/m1/s1. The fourth-order valence-electron chi connectivity index (χ4n) is 4.86. The third kappa shape index (κ3) is 3.72. The molecule has 8 heteroatoms. The second kappa shape index (κ2) is 7.85. The van der Waals surface area contributed by atoms with Crippen LogP contribution in [0.4, 0.5) is 0 Å². The number of benzene rings is 1. The van der Waals surface area contributed by atoms with Crippen molar-refractivity contribution in [1.29, 1.82) is 0 Å². The molecular weight excluding hydrogens is 422 g/mol. The number of hydrogen-bond acceptors (Lipinski definition) is 5. The molecule has 5 rings (SSSR count). The van der Waals surface area contributed by atoms with Crippen molar-refractivity contribution >= 4 is 23.2 Å². The summed E-state index contributed by atoms with van der Waals surface area (Å²) < 4.78 is 1.59. The Morgan fingerprint density at radius 1 is 1.19 bits per heavy atom. The molecule has 0 spiro atoms. The highest BCUT2D eigenvalue weighted by Gasteiger charge is 2.54. The average molecular weight is 450 g/mol. The Bertz CT molecular complexity index is 1210. The number of carbonyl (C=O) groups excluding carboxylic acids is 2. The predicted octanol–water partition coefficient (Wildman–Crippen LogP) is 3.50. The lowest BCUT2D eigenvalue weighted by molar-refractivity contribution is 0.0684. The number of thiazole rings is 1. The molecule has 1 aromatic carbocycles. The highest BCUT2D eigenvalue weighted by molar-refractivity contribution is 7.15. The van der Waals surface area contributed by atoms with Crippen LogP contribution in [-0.4, -0.2) is 50.1 Å². The zero-order valence-corrected chi connectivity index (χ0v) is 19.6. The summed E-state index contributed by atoms with van der Waals surface area (Å²) in [6, 6.07) is 10.2. The molecule has 1 aliphatic carbocycles. The second-order valence-corrected chi connectivity index (χ2v) is 10.2. The molecule has 1 saturated heterocycles. The SMILES string of the molecule is Cc1cccc(-c2sc(C)nc2C(=O)N2[C@H](CNC(=O)c3cc(C)nn3C)C[C@@H]3C[C@@H]32)c1. The van der Waals surface area contributed by atoms with Crippen molar-refractivity contribution in [1.82, 2.24) is 25.0 Å². The number of piperidine rings is 1. The van der Waals surface area contributed by atoms with E-state index < -0.39 is 0 Å². The molecule has 2 fully saturated rings. The van der Waals surface area contributed by atoms with Gasteiger partial charge in [-0.2, -0.15) is 5.10 Å². The molecule has 0 bridgehead atoms. The highest BCUT2D eigenvalue weighted by atomic mass is 32.1. The molecule has 1 aliphatic heterocycles. The lowest BCUT2D eigenvalue weighted by Gasteiger charge is -2.27. The van der Waals surface area contributed by atoms with E-state index in [2.05, 4.69) is 34.5 Å². The minimum absolute atomic E-state index is 0.0168. The first-order chi connectivity index (χ1) is 15.3. The summed E-state index contributed by atoms with van der Waals surface area (Å²) in [6.07, 6.45) is 1.96. The van der Waals surface area contributed by atoms with Gasteiger partial charge < -0.3 is 10.2 Å². The van der Waals surface area contributed by atoms with Gasteiger partial charge in [0.15, 0.2) is 0 Å². The molecule has 2 aromatic heterocycles. The van der Waals surface area contributed by atoms with Gasteiger partial charge in [0, 0.05) is 19.6 Å². The van der Waals surface area contributed by atoms with Crippen LogP contribution in [0.2, 0.25) is 0 Å². The van der Waals surface area contributed by atoms with Gasteiger partial charge in [0.05, 0.1) is 21.6 Å². The molecule has 0 radical (unpaired) electrons. The van der Waals surface area contributed by atoms with E-state index in [4.69, 9.17) is 0 Å². The van der Waals surface area contributed by atoms with Crippen LogP contribution in [0, 0.1) is 26.7 Å². The van der Waals surface area contributed by atoms with Crippen molar-refractivity contribution in [3.8, 4) is 10.4 Å². The summed E-state index contributed by atoms with van der Waals surface area (Å²) in [5, 5.41) is 8.15. The second-order valence-electron chi connectivity index (χ2n) is 8.95. The molecule has 3 heterocycles. The summed E-state index contributed by atoms with van der Waals surface area (Å²) in [5.74, 6) is 0.347. The van der Waals surface area contributed by atoms with E-state index in [9.17, 15) is 9.59 Å². The maximum Gasteiger partial charge on any atom is 0.274 e. The Morgan fingerprint density at radius 3 is 2.72 bits per heavy atom. The molecule has 7 nitrogen and oxygen atoms in total. The fraction of sp³-hybridized carbons (Fsp3) is 0.417. The van der Waals surface area contributed by atoms with Crippen molar-refractivity contribution < 1.29 is 9.59 Å². The number of likely N-dealkylation sites (tertiary alicyclic amines) is 1. The van der Waals surface area contributed by atoms with Crippen LogP contribution in [0.25, 0.3) is 10.4 Å². The summed E-state index contributed by atoms with van der Waals surface area (Å²) in [6.45, 7) is 6.29. The number of nitrogens with one attached hydrogen (secondary N) is 1. The smallest absolute Gasteiger partial charge is 0.274 e. The summed E-state index contributed by atoms with van der Waals surface area (Å²) in [4.78, 5) is 33.9. The molecule has 3 atom stereocenters. The van der Waals surface area contributed by atoms with Crippen LogP contribution in [-0.2, 0) is 7.05 Å². The molecule has 166 valence electrons. The number of aromatic nitrogens is 3. The molecule has 3 aromatic rings. The van der Waals surface area contributed by atoms with Crippen LogP contribution in [0.1, 0.15) is 50.1 Å². The molecule has 0 unspecified atom stereocenters. The first-order valence-corrected chi connectivity index (χ1v) is 11.8. The van der Waals surface area contributed by atoms with Gasteiger partial charge in [-0.15, -0.1) is 11.3 Å². The molecule has 1 N–H and O–H groups in total. The van der Waals surface area contributed by atoms with Gasteiger partial charge in [-0.3, -0.25) is 14.3 Å². The van der Waals surface area contributed by atoms with Crippen LogP contribution < -0.4 is 5.32 Å². The van der Waals surface area contributed by atoms with Crippen molar-refractivity contribution in [2.75, 3.05) is 6.54 Å². The minimum Gasteiger partial charge on any atom is -0.349 e. The number of aryl methyl sites for hydroxylation is 4. The predicted molar refractivity (Wildman–Crippen MR) is 124 cm³/mol. The Balaban J connectivity index is 1.36. The molecular formula is C24H27N5O2S. The van der Waals surface area contributed by atoms with E-state index in [1.54, 1.807) is 29.1 Å². The van der Waals surface area contributed by atoms with Crippen LogP contribution in [0.3, 0.4) is 0 Å². The first kappa shape index (κ1) is 20.9. The summed E-state index contributed by atoms with van der Waals surface area (Å²) in [7, 11) is 1.76. The Kier molecular flexibility index (Phi) is 5.12. The Labute approximate surface area is 191 Å². The van der Waals surface area contributed by atoms with E-state index >= 15 is 0 Å². The number of nitrogens with zero attached hydrogens (tertiary/aromatic N) is 4. The summed E-state index contributed by atoms with van der Waals surface area (Å²) >= 11 is 1.56. The number of hydrogen-bond donors (Lipinski definition) is 1. The van der Waals surface area contributed by atoms with Gasteiger partial charge in [-0.1, -0.05) is 29.8 Å². The number of amides is 2. The van der Waals surface area contributed by atoms with E-state index in [1.807, 2.05) is 30.9 Å². The molecule has 32 heavy (non-hydrogen) atoms. The van der Waals surface area contributed by atoms with E-state index in [1.165, 1.54) is 0 Å². The number of carbonyl (C=O) groups is 2. The average Bonchev–Trinajstić information content (AvgIpc) is 3.06. The van der Waals surface area contributed by atoms with Gasteiger partial charge in [0.25, 0.3) is 11.8 Å². The van der Waals surface area contributed by atoms with Gasteiger partial charge in [0.2, 0.25) is 0 Å². The minimum atomic E-state index is -0.161. The van der Waals surface area contributed by atoms with Crippen molar-refractivity contribution in [2.24, 2.45) is 13.0 Å².